The van der Waals surface area contributed by atoms with Crippen molar-refractivity contribution in [1.29, 1.82) is 0 Å². The largest absolute Gasteiger partial charge is 0.469 e. The van der Waals surface area contributed by atoms with Gasteiger partial charge in [-0.15, -0.1) is 0 Å². The first-order valence-electron chi connectivity index (χ1n) is 4.40. The van der Waals surface area contributed by atoms with Crippen molar-refractivity contribution in [2.45, 2.75) is 13.3 Å². The van der Waals surface area contributed by atoms with Gasteiger partial charge in [0.1, 0.15) is 6.42 Å². The lowest BCUT2D eigenvalue weighted by atomic mass is 10.1. The van der Waals surface area contributed by atoms with Gasteiger partial charge in [0.15, 0.2) is 5.78 Å². The van der Waals surface area contributed by atoms with Crippen molar-refractivity contribution in [1.82, 2.24) is 0 Å². The molecule has 0 spiro atoms. The van der Waals surface area contributed by atoms with Gasteiger partial charge in [0.2, 0.25) is 0 Å². The lowest BCUT2D eigenvalue weighted by Gasteiger charge is -2.03. The zero-order valence-corrected chi connectivity index (χ0v) is 9.30. The number of methoxy groups -OCH3 is 1. The summed E-state index contributed by atoms with van der Waals surface area (Å²) in [5.41, 5.74) is 1.29. The number of esters is 1. The number of aryl methyl sites for hydroxylation is 1. The Bertz CT molecular complexity index is 399. The molecule has 0 aromatic heterocycles. The first-order valence-corrected chi connectivity index (χ1v) is 4.78. The molecule has 0 unspecified atom stereocenters. The van der Waals surface area contributed by atoms with Gasteiger partial charge in [-0.1, -0.05) is 23.2 Å². The Hall–Kier alpha value is -1.35. The molecule has 1 rings (SSSR count). The Labute approximate surface area is 93.0 Å². The second-order valence-corrected chi connectivity index (χ2v) is 3.57. The Morgan fingerprint density at radius 1 is 1.40 bits per heavy atom. The van der Waals surface area contributed by atoms with E-state index in [4.69, 9.17) is 11.6 Å². The number of Topliss-reactive ketones (excluding diaryl/α,β-unsaturated/α-hetero) is 1. The van der Waals surface area contributed by atoms with E-state index in [1.165, 1.54) is 7.11 Å². The summed E-state index contributed by atoms with van der Waals surface area (Å²) in [6, 6.07) is 5.10. The number of hydrogen-bond acceptors (Lipinski definition) is 3. The van der Waals surface area contributed by atoms with Crippen molar-refractivity contribution in [2.75, 3.05) is 7.11 Å². The standard InChI is InChI=1S/C11H11ClO3/c1-7-3-4-9(12)8(5-7)10(13)6-11(14)15-2/h3-5H,6H2,1-2H3. The molecule has 0 radical (unpaired) electrons. The summed E-state index contributed by atoms with van der Waals surface area (Å²) in [5.74, 6) is -0.881. The number of carbonyl (C=O) groups is 2. The van der Waals surface area contributed by atoms with Crippen LogP contribution in [0.2, 0.25) is 5.02 Å². The molecule has 0 aliphatic rings. The highest BCUT2D eigenvalue weighted by Crippen LogP contribution is 2.19. The number of halogens is 1. The van der Waals surface area contributed by atoms with Crippen molar-refractivity contribution >= 4 is 23.4 Å². The number of ketones is 1. The highest BCUT2D eigenvalue weighted by atomic mass is 35.5. The van der Waals surface area contributed by atoms with Crippen molar-refractivity contribution in [3.8, 4) is 0 Å². The first kappa shape index (κ1) is 11.7. The van der Waals surface area contributed by atoms with Crippen LogP contribution in [0.5, 0.6) is 0 Å². The maximum Gasteiger partial charge on any atom is 0.313 e. The van der Waals surface area contributed by atoms with Crippen LogP contribution in [0.15, 0.2) is 18.2 Å². The molecule has 0 fully saturated rings. The molecule has 0 aliphatic heterocycles. The van der Waals surface area contributed by atoms with Crippen LogP contribution in [-0.2, 0) is 9.53 Å². The summed E-state index contributed by atoms with van der Waals surface area (Å²) in [4.78, 5) is 22.5. The summed E-state index contributed by atoms with van der Waals surface area (Å²) in [5, 5.41) is 0.356. The molecule has 0 N–H and O–H groups in total. The second kappa shape index (κ2) is 4.94. The number of hydrogen-bond donors (Lipinski definition) is 0. The molecular formula is C11H11ClO3. The van der Waals surface area contributed by atoms with E-state index >= 15 is 0 Å². The molecule has 0 aliphatic carbocycles. The molecule has 0 heterocycles. The summed E-state index contributed by atoms with van der Waals surface area (Å²) < 4.78 is 4.41. The first-order chi connectivity index (χ1) is 7.04. The van der Waals surface area contributed by atoms with Gasteiger partial charge in [0.25, 0.3) is 0 Å². The third-order valence-corrected chi connectivity index (χ3v) is 2.28. The molecule has 1 aromatic carbocycles. The minimum Gasteiger partial charge on any atom is -0.469 e. The Kier molecular flexibility index (Phi) is 3.86. The second-order valence-electron chi connectivity index (χ2n) is 3.16. The van der Waals surface area contributed by atoms with Crippen LogP contribution >= 0.6 is 11.6 Å². The van der Waals surface area contributed by atoms with Gasteiger partial charge in [-0.3, -0.25) is 9.59 Å². The monoisotopic (exact) mass is 226 g/mol. The van der Waals surface area contributed by atoms with E-state index in [9.17, 15) is 9.59 Å². The topological polar surface area (TPSA) is 43.4 Å². The predicted molar refractivity (Wildman–Crippen MR) is 57.2 cm³/mol. The van der Waals surface area contributed by atoms with Crippen LogP contribution in [0.25, 0.3) is 0 Å². The quantitative estimate of drug-likeness (QED) is 0.452. The smallest absolute Gasteiger partial charge is 0.313 e. The summed E-state index contributed by atoms with van der Waals surface area (Å²) in [7, 11) is 1.24. The van der Waals surface area contributed by atoms with Crippen LogP contribution in [0.1, 0.15) is 22.3 Å². The van der Waals surface area contributed by atoms with Gasteiger partial charge >= 0.3 is 5.97 Å². The highest BCUT2D eigenvalue weighted by molar-refractivity contribution is 6.34. The molecule has 0 atom stereocenters. The fourth-order valence-corrected chi connectivity index (χ4v) is 1.37. The minimum atomic E-state index is -0.558. The lowest BCUT2D eigenvalue weighted by Crippen LogP contribution is -2.10. The average Bonchev–Trinajstić information content (AvgIpc) is 2.21. The van der Waals surface area contributed by atoms with Crippen molar-refractivity contribution in [3.05, 3.63) is 34.3 Å². The van der Waals surface area contributed by atoms with Gasteiger partial charge in [-0.25, -0.2) is 0 Å². The van der Waals surface area contributed by atoms with E-state index in [1.54, 1.807) is 18.2 Å². The molecule has 15 heavy (non-hydrogen) atoms. The molecule has 0 saturated carbocycles. The van der Waals surface area contributed by atoms with E-state index in [0.717, 1.165) is 5.56 Å². The maximum absolute atomic E-state index is 11.6. The zero-order valence-electron chi connectivity index (χ0n) is 8.54. The minimum absolute atomic E-state index is 0.278. The van der Waals surface area contributed by atoms with Crippen LogP contribution < -0.4 is 0 Å². The number of rotatable bonds is 3. The van der Waals surface area contributed by atoms with Crippen molar-refractivity contribution in [2.24, 2.45) is 0 Å². The van der Waals surface area contributed by atoms with E-state index in [-0.39, 0.29) is 12.2 Å². The normalized spacial score (nSPS) is 9.80. The van der Waals surface area contributed by atoms with Crippen LogP contribution in [0.3, 0.4) is 0 Å². The van der Waals surface area contributed by atoms with Crippen LogP contribution in [0.4, 0.5) is 0 Å². The van der Waals surface area contributed by atoms with Gasteiger partial charge in [-0.2, -0.15) is 0 Å². The van der Waals surface area contributed by atoms with Gasteiger partial charge in [0.05, 0.1) is 12.1 Å². The molecule has 4 heteroatoms. The van der Waals surface area contributed by atoms with Crippen molar-refractivity contribution in [3.63, 3.8) is 0 Å². The van der Waals surface area contributed by atoms with Crippen molar-refractivity contribution < 1.29 is 14.3 Å². The SMILES string of the molecule is COC(=O)CC(=O)c1cc(C)ccc1Cl. The molecular weight excluding hydrogens is 216 g/mol. The molecule has 0 amide bonds. The number of ether oxygens (including phenoxy) is 1. The third-order valence-electron chi connectivity index (χ3n) is 1.95. The zero-order chi connectivity index (χ0) is 11.4. The molecule has 80 valence electrons. The summed E-state index contributed by atoms with van der Waals surface area (Å²) in [6.45, 7) is 1.85. The molecule has 3 nitrogen and oxygen atoms in total. The van der Waals surface area contributed by atoms with Gasteiger partial charge in [0, 0.05) is 5.56 Å². The maximum atomic E-state index is 11.6. The highest BCUT2D eigenvalue weighted by Gasteiger charge is 2.14. The van der Waals surface area contributed by atoms with E-state index in [2.05, 4.69) is 4.74 Å². The molecule has 0 bridgehead atoms. The Morgan fingerprint density at radius 2 is 2.07 bits per heavy atom. The van der Waals surface area contributed by atoms with E-state index in [1.807, 2.05) is 6.92 Å². The van der Waals surface area contributed by atoms with Gasteiger partial charge < -0.3 is 4.74 Å². The lowest BCUT2D eigenvalue weighted by molar-refractivity contribution is -0.139. The van der Waals surface area contributed by atoms with Crippen LogP contribution in [-0.4, -0.2) is 18.9 Å². The molecule has 1 aromatic rings. The van der Waals surface area contributed by atoms with Crippen LogP contribution in [0, 0.1) is 6.92 Å². The van der Waals surface area contributed by atoms with E-state index < -0.39 is 5.97 Å². The van der Waals surface area contributed by atoms with Gasteiger partial charge in [-0.05, 0) is 19.1 Å². The molecule has 0 saturated heterocycles. The summed E-state index contributed by atoms with van der Waals surface area (Å²) >= 11 is 5.84. The number of carbonyl (C=O) groups excluding carboxylic acids is 2. The Balaban J connectivity index is 2.91. The predicted octanol–water partition coefficient (Wildman–Crippen LogP) is 2.39. The summed E-state index contributed by atoms with van der Waals surface area (Å²) in [6.07, 6.45) is -0.278. The third kappa shape index (κ3) is 3.06. The number of benzene rings is 1. The Morgan fingerprint density at radius 3 is 2.67 bits per heavy atom. The average molecular weight is 227 g/mol. The van der Waals surface area contributed by atoms with E-state index in [0.29, 0.717) is 10.6 Å². The fraction of sp³-hybridized carbons (Fsp3) is 0.273. The fourth-order valence-electron chi connectivity index (χ4n) is 1.15.